The third-order valence-corrected chi connectivity index (χ3v) is 15.6. The quantitative estimate of drug-likeness (QED) is 0.0423. The van der Waals surface area contributed by atoms with Gasteiger partial charge in [-0.05, 0) is 86.5 Å². The zero-order chi connectivity index (χ0) is 43.9. The fourth-order valence-electron chi connectivity index (χ4n) is 12.2. The lowest BCUT2D eigenvalue weighted by Gasteiger charge is -2.64. The van der Waals surface area contributed by atoms with E-state index in [0.29, 0.717) is 51.4 Å². The minimum Gasteiger partial charge on any atom is -0.432 e. The van der Waals surface area contributed by atoms with Gasteiger partial charge in [-0.15, -0.1) is 0 Å². The topological polar surface area (TPSA) is 338 Å². The summed E-state index contributed by atoms with van der Waals surface area (Å²) >= 11 is 0. The van der Waals surface area contributed by atoms with E-state index >= 15 is 0 Å². The van der Waals surface area contributed by atoms with Gasteiger partial charge in [-0.25, -0.2) is 4.18 Å². The molecule has 344 valence electrons. The zero-order valence-electron chi connectivity index (χ0n) is 33.4. The molecule has 0 unspecified atom stereocenters. The molecular weight excluding hydrogens is 824 g/mol. The molecule has 0 amide bonds. The van der Waals surface area contributed by atoms with Crippen molar-refractivity contribution in [3.05, 3.63) is 12.2 Å². The molecule has 7 rings (SSSR count). The Kier molecular flexibility index (Phi) is 13.0. The molecule has 21 atom stereocenters. The highest BCUT2D eigenvalue weighted by Crippen LogP contribution is 2.73. The number of rotatable bonds is 11. The van der Waals surface area contributed by atoms with Crippen LogP contribution in [0.3, 0.4) is 0 Å². The van der Waals surface area contributed by atoms with E-state index in [4.69, 9.17) is 28.4 Å². The Morgan fingerprint density at radius 2 is 1.27 bits per heavy atom. The number of ether oxygens (including phenoxy) is 6. The minimum absolute atomic E-state index is 0.0236. The lowest BCUT2D eigenvalue weighted by molar-refractivity contribution is -0.378. The van der Waals surface area contributed by atoms with Crippen LogP contribution in [0.5, 0.6) is 0 Å². The monoisotopic (exact) mass is 884 g/mol. The molecule has 11 N–H and O–H groups in total. The summed E-state index contributed by atoms with van der Waals surface area (Å²) in [5, 5.41) is 104. The van der Waals surface area contributed by atoms with Gasteiger partial charge in [0.05, 0.1) is 30.8 Å². The Hall–Kier alpha value is -1.52. The van der Waals surface area contributed by atoms with E-state index in [9.17, 15) is 68.8 Å². The molecule has 0 aromatic heterocycles. The van der Waals surface area contributed by atoms with Crippen LogP contribution in [0.2, 0.25) is 0 Å². The average molecular weight is 885 g/mol. The first-order chi connectivity index (χ1) is 28.1. The molecule has 4 saturated carbocycles. The fourth-order valence-corrected chi connectivity index (χ4v) is 12.7. The van der Waals surface area contributed by atoms with Crippen molar-refractivity contribution in [1.82, 2.24) is 0 Å². The summed E-state index contributed by atoms with van der Waals surface area (Å²) in [4.78, 5) is 14.3. The van der Waals surface area contributed by atoms with Crippen molar-refractivity contribution in [3.63, 3.8) is 0 Å². The van der Waals surface area contributed by atoms with Crippen molar-refractivity contribution in [1.29, 1.82) is 0 Å². The van der Waals surface area contributed by atoms with Gasteiger partial charge in [0.25, 0.3) is 0 Å². The van der Waals surface area contributed by atoms with Gasteiger partial charge in [0, 0.05) is 0 Å². The van der Waals surface area contributed by atoms with Gasteiger partial charge in [-0.3, -0.25) is 9.35 Å². The highest BCUT2D eigenvalue weighted by atomic mass is 32.3. The second-order valence-corrected chi connectivity index (χ2v) is 19.5. The second-order valence-electron chi connectivity index (χ2n) is 18.5. The number of carbonyl (C=O) groups is 1. The maximum Gasteiger partial charge on any atom is 0.397 e. The van der Waals surface area contributed by atoms with Gasteiger partial charge in [0.15, 0.2) is 18.7 Å². The number of esters is 1. The van der Waals surface area contributed by atoms with Crippen molar-refractivity contribution >= 4 is 16.4 Å². The molecule has 2 bridgehead atoms. The summed E-state index contributed by atoms with van der Waals surface area (Å²) < 4.78 is 72.9. The van der Waals surface area contributed by atoms with Gasteiger partial charge in [0.2, 0.25) is 6.29 Å². The van der Waals surface area contributed by atoms with Crippen LogP contribution < -0.4 is 0 Å². The number of carbonyl (C=O) groups excluding carboxylic acids is 1. The van der Waals surface area contributed by atoms with Crippen molar-refractivity contribution in [2.24, 2.45) is 28.1 Å². The molecule has 3 heterocycles. The predicted octanol–water partition coefficient (Wildman–Crippen LogP) is -3.11. The number of hydrogen-bond donors (Lipinski definition) is 11. The van der Waals surface area contributed by atoms with Crippen LogP contribution in [0.15, 0.2) is 12.2 Å². The number of aliphatic hydroxyl groups is 10. The highest BCUT2D eigenvalue weighted by molar-refractivity contribution is 7.80. The molecule has 1 spiro atoms. The Morgan fingerprint density at radius 1 is 0.717 bits per heavy atom. The minimum atomic E-state index is -5.22. The van der Waals surface area contributed by atoms with Gasteiger partial charge in [-0.1, -0.05) is 19.9 Å². The second kappa shape index (κ2) is 16.8. The van der Waals surface area contributed by atoms with Crippen molar-refractivity contribution in [2.45, 2.75) is 169 Å². The largest absolute Gasteiger partial charge is 0.432 e. The standard InChI is InChI=1S/C38H60O21S/c1-16-11-37-9-5-20-35(2,7-4-8-36(20,3)34(49)57-32-30(59-60(50,51)52)27(47)24(44)18(13-40)54-32)21(37)6-10-38(16,15-37)58-33-29(26(46)23(43)19(14-41)55-33)56-31-28(48)25(45)22(42)17(12-39)53-31/h17-33,39-48H,1,4-15H2,2-3H3,(H,50,51,52)/t17-,18-,19-,20+,21+,22-,23-,24-,25+,26+,27+,28-,29-,30-,31+,32+,33+,35-,36-,37-,38+/m1/s1. The third kappa shape index (κ3) is 7.78. The summed E-state index contributed by atoms with van der Waals surface area (Å²) in [6.07, 6.45) is -20.5. The van der Waals surface area contributed by atoms with Gasteiger partial charge >= 0.3 is 16.4 Å². The van der Waals surface area contributed by atoms with Crippen LogP contribution in [-0.2, 0) is 47.8 Å². The summed E-state index contributed by atoms with van der Waals surface area (Å²) in [5.74, 6) is -1.01. The van der Waals surface area contributed by atoms with Gasteiger partial charge < -0.3 is 79.5 Å². The van der Waals surface area contributed by atoms with E-state index in [0.717, 1.165) is 12.0 Å². The van der Waals surface area contributed by atoms with Crippen molar-refractivity contribution < 1.29 is 101 Å². The average Bonchev–Trinajstić information content (AvgIpc) is 3.39. The maximum atomic E-state index is 14.3. The number of fused-ring (bicyclic) bond motifs is 3. The molecular formula is C38H60O21S. The first-order valence-corrected chi connectivity index (χ1v) is 21.9. The van der Waals surface area contributed by atoms with Crippen molar-refractivity contribution in [3.8, 4) is 0 Å². The summed E-state index contributed by atoms with van der Waals surface area (Å²) in [6, 6.07) is 0. The van der Waals surface area contributed by atoms with Gasteiger partial charge in [-0.2, -0.15) is 8.42 Å². The molecule has 60 heavy (non-hydrogen) atoms. The Bertz CT molecular complexity index is 1700. The molecule has 7 aliphatic rings. The Morgan fingerprint density at radius 3 is 1.87 bits per heavy atom. The molecule has 22 heteroatoms. The lowest BCUT2D eigenvalue weighted by atomic mass is 9.41. The van der Waals surface area contributed by atoms with Crippen LogP contribution >= 0.6 is 0 Å². The predicted molar refractivity (Wildman–Crippen MR) is 197 cm³/mol. The molecule has 7 fully saturated rings. The van der Waals surface area contributed by atoms with Crippen LogP contribution in [0, 0.1) is 28.1 Å². The number of hydrogen-bond acceptors (Lipinski definition) is 20. The summed E-state index contributed by atoms with van der Waals surface area (Å²) in [6.45, 7) is 6.10. The maximum absolute atomic E-state index is 14.3. The number of aliphatic hydroxyl groups excluding tert-OH is 10. The van der Waals surface area contributed by atoms with Crippen LogP contribution in [0.25, 0.3) is 0 Å². The molecule has 4 aliphatic carbocycles. The summed E-state index contributed by atoms with van der Waals surface area (Å²) in [7, 11) is -5.22. The van der Waals surface area contributed by atoms with E-state index in [1.54, 1.807) is 6.92 Å². The van der Waals surface area contributed by atoms with Crippen LogP contribution in [0.1, 0.15) is 71.6 Å². The zero-order valence-corrected chi connectivity index (χ0v) is 34.2. The lowest BCUT2D eigenvalue weighted by Crippen LogP contribution is -2.65. The highest BCUT2D eigenvalue weighted by Gasteiger charge is 2.69. The SMILES string of the molecule is C=C1C[C@@]23CC[C@H]4[C@@](C)(CCC[C@@]4(C)C(=O)O[C@@H]4O[C@H](CO)[C@@H](O)[C@H](O)[C@H]4OS(=O)(=O)O)[C@@H]2CC[C@]1(O[C@@H]1O[C@H](CO)[C@@H](O)[C@H](O)[C@H]1O[C@@H]1O[C@H](CO)[C@@H](O)[C@H](O)[C@H]1O)C3. The van der Waals surface area contributed by atoms with Gasteiger partial charge in [0.1, 0.15) is 67.1 Å². The molecule has 3 saturated heterocycles. The van der Waals surface area contributed by atoms with E-state index in [1.165, 1.54) is 0 Å². The summed E-state index contributed by atoms with van der Waals surface area (Å²) in [5.41, 5.74) is -2.30. The van der Waals surface area contributed by atoms with E-state index in [-0.39, 0.29) is 17.3 Å². The first-order valence-electron chi connectivity index (χ1n) is 20.5. The molecule has 21 nitrogen and oxygen atoms in total. The van der Waals surface area contributed by atoms with E-state index < -0.39 is 145 Å². The smallest absolute Gasteiger partial charge is 0.397 e. The normalized spacial score (nSPS) is 52.0. The molecule has 3 aliphatic heterocycles. The van der Waals surface area contributed by atoms with Crippen molar-refractivity contribution in [2.75, 3.05) is 19.8 Å². The first kappa shape index (κ1) is 46.5. The van der Waals surface area contributed by atoms with E-state index in [1.807, 2.05) is 0 Å². The van der Waals surface area contributed by atoms with E-state index in [2.05, 4.69) is 17.7 Å². The third-order valence-electron chi connectivity index (χ3n) is 15.2. The van der Waals surface area contributed by atoms with Crippen LogP contribution in [0.4, 0.5) is 0 Å². The van der Waals surface area contributed by atoms with Crippen LogP contribution in [-0.4, -0.2) is 188 Å². The molecule has 0 aromatic rings. The Balaban J connectivity index is 1.11. The molecule has 0 radical (unpaired) electrons. The molecule has 0 aromatic carbocycles. The Labute approximate surface area is 346 Å². The fraction of sp³-hybridized carbons (Fsp3) is 0.921.